The number of benzene rings is 2. The highest BCUT2D eigenvalue weighted by atomic mass is 16.7. The Labute approximate surface area is 142 Å². The summed E-state index contributed by atoms with van der Waals surface area (Å²) in [5.41, 5.74) is 5.41. The lowest BCUT2D eigenvalue weighted by atomic mass is 9.85. The van der Waals surface area contributed by atoms with Gasteiger partial charge in [0.25, 0.3) is 0 Å². The van der Waals surface area contributed by atoms with Crippen LogP contribution in [0.5, 0.6) is 11.5 Å². The molecule has 2 aliphatic rings. The van der Waals surface area contributed by atoms with Crippen LogP contribution >= 0.6 is 0 Å². The van der Waals surface area contributed by atoms with Gasteiger partial charge in [-0.15, -0.1) is 0 Å². The number of carbonyl (C=O) groups excluding carboxylic acids is 1. The number of Topliss-reactive ketones (excluding diaryl/α,β-unsaturated/α-hetero) is 1. The Morgan fingerprint density at radius 1 is 1.08 bits per heavy atom. The number of rotatable bonds is 1. The van der Waals surface area contributed by atoms with Gasteiger partial charge < -0.3 is 9.47 Å². The summed E-state index contributed by atoms with van der Waals surface area (Å²) in [6.07, 6.45) is 0.765. The minimum absolute atomic E-state index is 0.0233. The van der Waals surface area contributed by atoms with Gasteiger partial charge in [-0.05, 0) is 34.6 Å². The normalized spacial score (nSPS) is 18.8. The standard InChI is InChI=1S/C21H22O3/c1-12-9-15-16(19(12)22)10-17-20(24-11-23-17)18(15)13-5-7-14(8-6-13)21(2,3)4/h5-8,10,12H,9,11H2,1-4H3. The molecule has 24 heavy (non-hydrogen) atoms. The van der Waals surface area contributed by atoms with Gasteiger partial charge in [-0.25, -0.2) is 0 Å². The summed E-state index contributed by atoms with van der Waals surface area (Å²) >= 11 is 0. The van der Waals surface area contributed by atoms with Crippen LogP contribution in [0.3, 0.4) is 0 Å². The first kappa shape index (κ1) is 15.3. The van der Waals surface area contributed by atoms with Gasteiger partial charge >= 0.3 is 0 Å². The van der Waals surface area contributed by atoms with Gasteiger partial charge in [0.1, 0.15) is 0 Å². The van der Waals surface area contributed by atoms with Crippen molar-refractivity contribution in [3.63, 3.8) is 0 Å². The van der Waals surface area contributed by atoms with Crippen LogP contribution in [0.4, 0.5) is 0 Å². The fraction of sp³-hybridized carbons (Fsp3) is 0.381. The Bertz CT molecular complexity index is 826. The van der Waals surface area contributed by atoms with Crippen LogP contribution < -0.4 is 9.47 Å². The molecule has 3 heteroatoms. The molecule has 1 atom stereocenters. The molecule has 1 unspecified atom stereocenters. The lowest BCUT2D eigenvalue weighted by Crippen LogP contribution is -2.10. The molecule has 124 valence electrons. The Balaban J connectivity index is 1.90. The maximum Gasteiger partial charge on any atom is 0.231 e. The summed E-state index contributed by atoms with van der Waals surface area (Å²) in [4.78, 5) is 12.5. The van der Waals surface area contributed by atoms with Crippen LogP contribution in [0.25, 0.3) is 11.1 Å². The molecule has 0 fully saturated rings. The van der Waals surface area contributed by atoms with Crippen molar-refractivity contribution in [2.24, 2.45) is 5.92 Å². The van der Waals surface area contributed by atoms with E-state index in [0.717, 1.165) is 34.4 Å². The number of ether oxygens (including phenoxy) is 2. The quantitative estimate of drug-likeness (QED) is 0.759. The molecule has 0 saturated heterocycles. The monoisotopic (exact) mass is 322 g/mol. The lowest BCUT2D eigenvalue weighted by molar-refractivity contribution is 0.0945. The van der Waals surface area contributed by atoms with E-state index in [9.17, 15) is 4.79 Å². The SMILES string of the molecule is CC1Cc2c(cc3c(c2-c2ccc(C(C)(C)C)cc2)OCO3)C1=O. The molecule has 0 bridgehead atoms. The first-order valence-electron chi connectivity index (χ1n) is 8.47. The van der Waals surface area contributed by atoms with Crippen molar-refractivity contribution >= 4 is 5.78 Å². The third-order valence-corrected chi connectivity index (χ3v) is 5.03. The summed E-state index contributed by atoms with van der Waals surface area (Å²) < 4.78 is 11.3. The fourth-order valence-electron chi connectivity index (χ4n) is 3.62. The van der Waals surface area contributed by atoms with E-state index in [1.165, 1.54) is 5.56 Å². The van der Waals surface area contributed by atoms with Crippen LogP contribution in [0.1, 0.15) is 49.2 Å². The van der Waals surface area contributed by atoms with Crippen molar-refractivity contribution in [2.45, 2.75) is 39.5 Å². The number of fused-ring (bicyclic) bond motifs is 2. The summed E-state index contributed by atoms with van der Waals surface area (Å²) in [6, 6.07) is 10.4. The van der Waals surface area contributed by atoms with Crippen LogP contribution in [0.15, 0.2) is 30.3 Å². The first-order valence-corrected chi connectivity index (χ1v) is 8.47. The molecule has 1 aliphatic heterocycles. The van der Waals surface area contributed by atoms with E-state index in [2.05, 4.69) is 45.0 Å². The van der Waals surface area contributed by atoms with Gasteiger partial charge in [-0.2, -0.15) is 0 Å². The van der Waals surface area contributed by atoms with Crippen LogP contribution in [-0.2, 0) is 11.8 Å². The maximum absolute atomic E-state index is 12.5. The highest BCUT2D eigenvalue weighted by Gasteiger charge is 2.34. The van der Waals surface area contributed by atoms with Crippen LogP contribution in [0, 0.1) is 5.92 Å². The van der Waals surface area contributed by atoms with Crippen molar-refractivity contribution in [3.8, 4) is 22.6 Å². The average Bonchev–Trinajstić information content (AvgIpc) is 3.10. The van der Waals surface area contributed by atoms with E-state index in [0.29, 0.717) is 5.75 Å². The van der Waals surface area contributed by atoms with Crippen LogP contribution in [0.2, 0.25) is 0 Å². The molecule has 1 aliphatic carbocycles. The highest BCUT2D eigenvalue weighted by molar-refractivity contribution is 6.05. The smallest absolute Gasteiger partial charge is 0.231 e. The minimum Gasteiger partial charge on any atom is -0.454 e. The van der Waals surface area contributed by atoms with E-state index in [1.54, 1.807) is 0 Å². The van der Waals surface area contributed by atoms with E-state index in [1.807, 2.05) is 13.0 Å². The zero-order valence-electron chi connectivity index (χ0n) is 14.6. The largest absolute Gasteiger partial charge is 0.454 e. The molecule has 0 radical (unpaired) electrons. The van der Waals surface area contributed by atoms with E-state index < -0.39 is 0 Å². The molecule has 1 heterocycles. The molecule has 3 nitrogen and oxygen atoms in total. The van der Waals surface area contributed by atoms with Gasteiger partial charge in [0.2, 0.25) is 6.79 Å². The number of hydrogen-bond donors (Lipinski definition) is 0. The zero-order chi connectivity index (χ0) is 17.1. The van der Waals surface area contributed by atoms with Gasteiger partial charge in [-0.3, -0.25) is 4.79 Å². The second kappa shape index (κ2) is 5.10. The third kappa shape index (κ3) is 2.22. The lowest BCUT2D eigenvalue weighted by Gasteiger charge is -2.20. The van der Waals surface area contributed by atoms with Gasteiger partial charge in [-0.1, -0.05) is 52.0 Å². The topological polar surface area (TPSA) is 35.5 Å². The molecule has 0 amide bonds. The molecule has 4 rings (SSSR count). The molecule has 0 N–H and O–H groups in total. The molecule has 0 aromatic heterocycles. The number of ketones is 1. The Morgan fingerprint density at radius 3 is 2.46 bits per heavy atom. The molecule has 2 aromatic carbocycles. The average molecular weight is 322 g/mol. The predicted molar refractivity (Wildman–Crippen MR) is 93.9 cm³/mol. The van der Waals surface area contributed by atoms with Crippen molar-refractivity contribution in [1.29, 1.82) is 0 Å². The minimum atomic E-state index is 0.0233. The Morgan fingerprint density at radius 2 is 1.79 bits per heavy atom. The van der Waals surface area contributed by atoms with Crippen molar-refractivity contribution < 1.29 is 14.3 Å². The zero-order valence-corrected chi connectivity index (χ0v) is 14.6. The molecule has 2 aromatic rings. The third-order valence-electron chi connectivity index (χ3n) is 5.03. The van der Waals surface area contributed by atoms with Crippen molar-refractivity contribution in [3.05, 3.63) is 47.0 Å². The first-order chi connectivity index (χ1) is 11.4. The molecule has 0 saturated carbocycles. The van der Waals surface area contributed by atoms with Crippen molar-refractivity contribution in [1.82, 2.24) is 0 Å². The van der Waals surface area contributed by atoms with E-state index in [-0.39, 0.29) is 23.9 Å². The molecule has 0 spiro atoms. The molecular weight excluding hydrogens is 300 g/mol. The Kier molecular flexibility index (Phi) is 3.24. The summed E-state index contributed by atoms with van der Waals surface area (Å²) in [6.45, 7) is 8.82. The fourth-order valence-corrected chi connectivity index (χ4v) is 3.62. The number of carbonyl (C=O) groups is 1. The van der Waals surface area contributed by atoms with Gasteiger partial charge in [0.05, 0.1) is 0 Å². The van der Waals surface area contributed by atoms with E-state index >= 15 is 0 Å². The van der Waals surface area contributed by atoms with Crippen molar-refractivity contribution in [2.75, 3.05) is 6.79 Å². The number of hydrogen-bond acceptors (Lipinski definition) is 3. The van der Waals surface area contributed by atoms with Crippen LogP contribution in [-0.4, -0.2) is 12.6 Å². The van der Waals surface area contributed by atoms with Gasteiger partial charge in [0, 0.05) is 17.0 Å². The highest BCUT2D eigenvalue weighted by Crippen LogP contribution is 2.48. The second-order valence-electron chi connectivity index (χ2n) is 7.81. The second-order valence-corrected chi connectivity index (χ2v) is 7.81. The van der Waals surface area contributed by atoms with Gasteiger partial charge in [0.15, 0.2) is 17.3 Å². The maximum atomic E-state index is 12.5. The summed E-state index contributed by atoms with van der Waals surface area (Å²) in [5.74, 6) is 1.69. The predicted octanol–water partition coefficient (Wildman–Crippen LogP) is 4.75. The van der Waals surface area contributed by atoms with E-state index in [4.69, 9.17) is 9.47 Å². The summed E-state index contributed by atoms with van der Waals surface area (Å²) in [7, 11) is 0. The summed E-state index contributed by atoms with van der Waals surface area (Å²) in [5, 5.41) is 0. The Hall–Kier alpha value is -2.29. The molecular formula is C21H22O3.